The van der Waals surface area contributed by atoms with Crippen LogP contribution in [0.15, 0.2) is 34.2 Å². The van der Waals surface area contributed by atoms with Crippen molar-refractivity contribution in [3.05, 3.63) is 50.5 Å². The summed E-state index contributed by atoms with van der Waals surface area (Å²) in [5.41, 5.74) is 1.41. The fourth-order valence-corrected chi connectivity index (χ4v) is 2.92. The van der Waals surface area contributed by atoms with Gasteiger partial charge < -0.3 is 10.0 Å². The van der Waals surface area contributed by atoms with Gasteiger partial charge in [0.1, 0.15) is 5.56 Å². The second kappa shape index (κ2) is 7.20. The highest BCUT2D eigenvalue weighted by molar-refractivity contribution is 7.71. The topological polar surface area (TPSA) is 76.9 Å². The van der Waals surface area contributed by atoms with E-state index in [9.17, 15) is 9.90 Å². The van der Waals surface area contributed by atoms with Crippen LogP contribution in [0.5, 0.6) is 5.88 Å². The number of nitrogens with one attached hydrogen (secondary N) is 1. The predicted octanol–water partition coefficient (Wildman–Crippen LogP) is 1.49. The number of rotatable bonds is 3. The Balaban J connectivity index is 1.97. The van der Waals surface area contributed by atoms with E-state index in [0.717, 1.165) is 31.7 Å². The van der Waals surface area contributed by atoms with Gasteiger partial charge in [-0.1, -0.05) is 17.7 Å². The molecule has 1 aromatic carbocycles. The van der Waals surface area contributed by atoms with Crippen LogP contribution in [0.3, 0.4) is 0 Å². The van der Waals surface area contributed by atoms with Gasteiger partial charge in [0, 0.05) is 26.2 Å². The lowest BCUT2D eigenvalue weighted by Crippen LogP contribution is -2.41. The van der Waals surface area contributed by atoms with Crippen LogP contribution in [0, 0.1) is 11.7 Å². The summed E-state index contributed by atoms with van der Waals surface area (Å²) in [6.07, 6.45) is 1.40. The zero-order valence-electron chi connectivity index (χ0n) is 14.3. The minimum absolute atomic E-state index is 0.0908. The van der Waals surface area contributed by atoms with Gasteiger partial charge in [-0.2, -0.15) is 5.10 Å². The van der Waals surface area contributed by atoms with Gasteiger partial charge in [-0.25, -0.2) is 0 Å². The minimum atomic E-state index is -0.455. The molecule has 7 nitrogen and oxygen atoms in total. The van der Waals surface area contributed by atoms with E-state index in [1.807, 2.05) is 36.2 Å². The lowest BCUT2D eigenvalue weighted by Gasteiger charge is -2.30. The first-order valence-corrected chi connectivity index (χ1v) is 8.49. The molecular weight excluding hydrogens is 338 g/mol. The van der Waals surface area contributed by atoms with Crippen LogP contribution in [0.2, 0.25) is 0 Å². The van der Waals surface area contributed by atoms with Crippen molar-refractivity contribution >= 4 is 18.4 Å². The molecule has 3 rings (SSSR count). The summed E-state index contributed by atoms with van der Waals surface area (Å²) in [7, 11) is 2.06. The number of hydrogen-bond acceptors (Lipinski definition) is 6. The first kappa shape index (κ1) is 17.4. The van der Waals surface area contributed by atoms with Gasteiger partial charge in [-0.3, -0.25) is 19.4 Å². The van der Waals surface area contributed by atoms with Gasteiger partial charge in [0.05, 0.1) is 11.9 Å². The first-order chi connectivity index (χ1) is 12.0. The van der Waals surface area contributed by atoms with Crippen LogP contribution in [-0.4, -0.2) is 64.0 Å². The Morgan fingerprint density at radius 2 is 1.84 bits per heavy atom. The fourth-order valence-electron chi connectivity index (χ4n) is 2.64. The molecule has 0 saturated carbocycles. The molecule has 25 heavy (non-hydrogen) atoms. The largest absolute Gasteiger partial charge is 0.494 e. The number of hydrogen-bond donors (Lipinski definition) is 2. The van der Waals surface area contributed by atoms with E-state index < -0.39 is 5.56 Å². The summed E-state index contributed by atoms with van der Waals surface area (Å²) < 4.78 is 1.57. The zero-order chi connectivity index (χ0) is 18.0. The molecule has 2 N–H and O–H groups in total. The van der Waals surface area contributed by atoms with Gasteiger partial charge in [0.25, 0.3) is 5.56 Å². The molecule has 0 radical (unpaired) electrons. The predicted molar refractivity (Wildman–Crippen MR) is 100 cm³/mol. The molecule has 1 aliphatic heterocycles. The number of piperazine rings is 1. The van der Waals surface area contributed by atoms with Crippen LogP contribution in [-0.2, 0) is 0 Å². The molecule has 0 spiro atoms. The van der Waals surface area contributed by atoms with Gasteiger partial charge in [-0.05, 0) is 38.3 Å². The van der Waals surface area contributed by atoms with Crippen molar-refractivity contribution in [3.63, 3.8) is 0 Å². The molecule has 0 aliphatic carbocycles. The quantitative estimate of drug-likeness (QED) is 0.641. The molecule has 0 bridgehead atoms. The van der Waals surface area contributed by atoms with Crippen molar-refractivity contribution in [2.24, 2.45) is 5.10 Å². The van der Waals surface area contributed by atoms with Gasteiger partial charge in [-0.15, -0.1) is 0 Å². The molecule has 1 aromatic heterocycles. The second-order valence-corrected chi connectivity index (χ2v) is 6.56. The van der Waals surface area contributed by atoms with Crippen LogP contribution >= 0.6 is 12.2 Å². The van der Waals surface area contributed by atoms with E-state index in [4.69, 9.17) is 12.2 Å². The highest BCUT2D eigenvalue weighted by atomic mass is 32.1. The minimum Gasteiger partial charge on any atom is -0.494 e. The molecule has 1 fully saturated rings. The van der Waals surface area contributed by atoms with Crippen LogP contribution in [0.25, 0.3) is 5.69 Å². The summed E-state index contributed by atoms with van der Waals surface area (Å²) in [6, 6.07) is 7.51. The lowest BCUT2D eigenvalue weighted by atomic mass is 10.2. The normalized spacial score (nSPS) is 15.8. The second-order valence-electron chi connectivity index (χ2n) is 6.17. The number of nitrogens with zero attached hydrogens (tertiary/aromatic N) is 4. The molecule has 2 heterocycles. The summed E-state index contributed by atoms with van der Waals surface area (Å²) in [4.78, 5) is 17.0. The maximum absolute atomic E-state index is 12.2. The van der Waals surface area contributed by atoms with Crippen molar-refractivity contribution < 1.29 is 5.11 Å². The Morgan fingerprint density at radius 1 is 1.20 bits per heavy atom. The third kappa shape index (κ3) is 3.80. The monoisotopic (exact) mass is 359 g/mol. The van der Waals surface area contributed by atoms with E-state index in [2.05, 4.69) is 22.0 Å². The number of H-pyrrole nitrogens is 1. The lowest BCUT2D eigenvalue weighted by molar-refractivity contribution is 0.159. The molecular formula is C17H21N5O2S. The molecule has 1 saturated heterocycles. The number of aromatic amines is 1. The number of benzene rings is 1. The maximum atomic E-state index is 12.2. The van der Waals surface area contributed by atoms with Gasteiger partial charge >= 0.3 is 0 Å². The summed E-state index contributed by atoms with van der Waals surface area (Å²) in [5.74, 6) is -0.213. The molecule has 0 amide bonds. The Labute approximate surface area is 150 Å². The van der Waals surface area contributed by atoms with Crippen molar-refractivity contribution in [2.45, 2.75) is 6.92 Å². The number of aromatic nitrogens is 2. The Bertz CT molecular complexity index is 893. The highest BCUT2D eigenvalue weighted by Crippen LogP contribution is 2.19. The summed E-state index contributed by atoms with van der Waals surface area (Å²) >= 11 is 5.21. The van der Waals surface area contributed by atoms with E-state index in [0.29, 0.717) is 5.69 Å². The van der Waals surface area contributed by atoms with Crippen LogP contribution in [0.4, 0.5) is 0 Å². The highest BCUT2D eigenvalue weighted by Gasteiger charge is 2.14. The average molecular weight is 359 g/mol. The number of likely N-dealkylation sites (N-methyl/N-ethyl adjacent to an activating group) is 1. The summed E-state index contributed by atoms with van der Waals surface area (Å²) in [6.45, 7) is 5.36. The van der Waals surface area contributed by atoms with Crippen molar-refractivity contribution in [1.29, 1.82) is 0 Å². The fraction of sp³-hybridized carbons (Fsp3) is 0.353. The Hall–Kier alpha value is -2.45. The molecule has 2 aromatic rings. The smallest absolute Gasteiger partial charge is 0.264 e. The SMILES string of the molecule is Cc1ccc(-n2c(O)c(C=NN3CCN(C)CC3)c(=O)[nH]c2=S)cc1. The van der Waals surface area contributed by atoms with Gasteiger partial charge in [0.2, 0.25) is 5.88 Å². The summed E-state index contributed by atoms with van der Waals surface area (Å²) in [5, 5.41) is 16.8. The molecule has 1 aliphatic rings. The number of aromatic hydroxyl groups is 1. The van der Waals surface area contributed by atoms with E-state index in [1.54, 1.807) is 0 Å². The third-order valence-corrected chi connectivity index (χ3v) is 4.53. The molecule has 0 atom stereocenters. The van der Waals surface area contributed by atoms with Crippen molar-refractivity contribution in [1.82, 2.24) is 19.5 Å². The van der Waals surface area contributed by atoms with E-state index in [1.165, 1.54) is 10.8 Å². The van der Waals surface area contributed by atoms with Crippen molar-refractivity contribution in [3.8, 4) is 11.6 Å². The van der Waals surface area contributed by atoms with Gasteiger partial charge in [0.15, 0.2) is 4.77 Å². The Morgan fingerprint density at radius 3 is 2.48 bits per heavy atom. The molecule has 132 valence electrons. The maximum Gasteiger partial charge on any atom is 0.264 e. The third-order valence-electron chi connectivity index (χ3n) is 4.24. The van der Waals surface area contributed by atoms with Crippen molar-refractivity contribution in [2.75, 3.05) is 33.2 Å². The Kier molecular flexibility index (Phi) is 5.00. The van der Waals surface area contributed by atoms with E-state index >= 15 is 0 Å². The van der Waals surface area contributed by atoms with E-state index in [-0.39, 0.29) is 16.2 Å². The number of hydrazone groups is 1. The average Bonchev–Trinajstić information content (AvgIpc) is 2.57. The molecule has 0 unspecified atom stereocenters. The first-order valence-electron chi connectivity index (χ1n) is 8.08. The zero-order valence-corrected chi connectivity index (χ0v) is 15.1. The van der Waals surface area contributed by atoms with Crippen LogP contribution < -0.4 is 5.56 Å². The molecule has 8 heteroatoms. The standard InChI is InChI=1S/C17H21N5O2S/c1-12-3-5-13(6-4-12)22-16(24)14(15(23)19-17(22)25)11-18-21-9-7-20(2)8-10-21/h3-6,11,24H,7-10H2,1-2H3,(H,19,23,25). The van der Waals surface area contributed by atoms with Crippen LogP contribution in [0.1, 0.15) is 11.1 Å². The number of aryl methyl sites for hydroxylation is 1.